The Kier molecular flexibility index (Phi) is 7.42. The number of benzene rings is 1. The molecule has 0 saturated heterocycles. The highest BCUT2D eigenvalue weighted by Crippen LogP contribution is 2.17. The first-order chi connectivity index (χ1) is 10.8. The number of rotatable bonds is 7. The van der Waals surface area contributed by atoms with Crippen molar-refractivity contribution in [2.45, 2.75) is 39.2 Å². The number of aliphatic imine (C=N–C) groups is 1. The van der Waals surface area contributed by atoms with E-state index in [1.54, 1.807) is 13.2 Å². The Balaban J connectivity index is 2.66. The molecule has 0 aliphatic rings. The van der Waals surface area contributed by atoms with Crippen LogP contribution in [0, 0.1) is 11.6 Å². The molecule has 0 radical (unpaired) electrons. The molecule has 0 aliphatic carbocycles. The first kappa shape index (κ1) is 19.4. The van der Waals surface area contributed by atoms with Gasteiger partial charge in [0.25, 0.3) is 0 Å². The lowest BCUT2D eigenvalue weighted by Gasteiger charge is -2.22. The predicted molar refractivity (Wildman–Crippen MR) is 89.8 cm³/mol. The molecule has 0 fully saturated rings. The molecular weight excluding hydrogens is 300 g/mol. The van der Waals surface area contributed by atoms with Crippen LogP contribution in [0.25, 0.3) is 0 Å². The van der Waals surface area contributed by atoms with E-state index in [0.717, 1.165) is 18.2 Å². The molecule has 6 heteroatoms. The van der Waals surface area contributed by atoms with Crippen LogP contribution in [-0.4, -0.2) is 38.3 Å². The number of nitrogens with zero attached hydrogens (tertiary/aromatic N) is 1. The molecule has 2 N–H and O–H groups in total. The molecule has 1 atom stereocenters. The largest absolute Gasteiger partial charge is 0.377 e. The van der Waals surface area contributed by atoms with E-state index in [9.17, 15) is 8.78 Å². The minimum absolute atomic E-state index is 0.0180. The van der Waals surface area contributed by atoms with Crippen molar-refractivity contribution in [2.24, 2.45) is 4.99 Å². The predicted octanol–water partition coefficient (Wildman–Crippen LogP) is 3.05. The van der Waals surface area contributed by atoms with Crippen LogP contribution < -0.4 is 10.6 Å². The second kappa shape index (κ2) is 8.82. The first-order valence-corrected chi connectivity index (χ1v) is 7.81. The van der Waals surface area contributed by atoms with Crippen LogP contribution in [0.3, 0.4) is 0 Å². The highest BCUT2D eigenvalue weighted by atomic mass is 19.2. The van der Waals surface area contributed by atoms with Crippen molar-refractivity contribution in [2.75, 3.05) is 26.7 Å². The first-order valence-electron chi connectivity index (χ1n) is 7.81. The Labute approximate surface area is 137 Å². The Morgan fingerprint density at radius 3 is 2.52 bits per heavy atom. The molecule has 0 amide bonds. The smallest absolute Gasteiger partial charge is 0.191 e. The van der Waals surface area contributed by atoms with Crippen molar-refractivity contribution in [1.82, 2.24) is 10.6 Å². The van der Waals surface area contributed by atoms with E-state index in [-0.39, 0.29) is 11.5 Å². The van der Waals surface area contributed by atoms with Crippen molar-refractivity contribution >= 4 is 5.96 Å². The fourth-order valence-corrected chi connectivity index (χ4v) is 1.86. The van der Waals surface area contributed by atoms with Gasteiger partial charge in [-0.2, -0.15) is 0 Å². The van der Waals surface area contributed by atoms with Gasteiger partial charge in [0.2, 0.25) is 0 Å². The number of hydrogen-bond donors (Lipinski definition) is 2. The molecule has 130 valence electrons. The summed E-state index contributed by atoms with van der Waals surface area (Å²) in [6.07, 6.45) is 0. The van der Waals surface area contributed by atoms with E-state index in [1.807, 2.05) is 27.7 Å². The van der Waals surface area contributed by atoms with Crippen LogP contribution >= 0.6 is 0 Å². The summed E-state index contributed by atoms with van der Waals surface area (Å²) >= 11 is 0. The second-order valence-electron chi connectivity index (χ2n) is 6.11. The van der Waals surface area contributed by atoms with Gasteiger partial charge in [0.1, 0.15) is 0 Å². The van der Waals surface area contributed by atoms with Gasteiger partial charge in [-0.05, 0) is 44.4 Å². The van der Waals surface area contributed by atoms with Gasteiger partial charge >= 0.3 is 0 Å². The summed E-state index contributed by atoms with van der Waals surface area (Å²) < 4.78 is 31.6. The third-order valence-electron chi connectivity index (χ3n) is 3.60. The van der Waals surface area contributed by atoms with Gasteiger partial charge in [0.05, 0.1) is 12.1 Å². The minimum atomic E-state index is -0.828. The lowest BCUT2D eigenvalue weighted by atomic mass is 10.0. The Morgan fingerprint density at radius 1 is 1.26 bits per heavy atom. The Hall–Kier alpha value is -1.69. The maximum absolute atomic E-state index is 13.3. The highest BCUT2D eigenvalue weighted by molar-refractivity contribution is 5.79. The monoisotopic (exact) mass is 327 g/mol. The fraction of sp³-hybridized carbons (Fsp3) is 0.588. The zero-order valence-corrected chi connectivity index (χ0v) is 14.5. The molecular formula is C17H27F2N3O. The molecule has 0 heterocycles. The quantitative estimate of drug-likeness (QED) is 0.598. The molecule has 1 unspecified atom stereocenters. The molecule has 0 aliphatic heterocycles. The van der Waals surface area contributed by atoms with Crippen molar-refractivity contribution in [3.05, 3.63) is 35.4 Å². The Bertz CT molecular complexity index is 533. The molecule has 0 spiro atoms. The Morgan fingerprint density at radius 2 is 1.96 bits per heavy atom. The van der Waals surface area contributed by atoms with Crippen molar-refractivity contribution in [3.8, 4) is 0 Å². The maximum atomic E-state index is 13.3. The van der Waals surface area contributed by atoms with E-state index in [0.29, 0.717) is 19.0 Å². The molecule has 1 aromatic carbocycles. The summed E-state index contributed by atoms with van der Waals surface area (Å²) in [6.45, 7) is 9.66. The topological polar surface area (TPSA) is 45.7 Å². The van der Waals surface area contributed by atoms with Crippen molar-refractivity contribution < 1.29 is 13.5 Å². The van der Waals surface area contributed by atoms with Crippen LogP contribution in [0.4, 0.5) is 8.78 Å². The van der Waals surface area contributed by atoms with Gasteiger partial charge in [-0.3, -0.25) is 4.99 Å². The third-order valence-corrected chi connectivity index (χ3v) is 3.60. The summed E-state index contributed by atoms with van der Waals surface area (Å²) in [7, 11) is 1.65. The van der Waals surface area contributed by atoms with E-state index in [2.05, 4.69) is 15.6 Å². The number of ether oxygens (including phenoxy) is 1. The minimum Gasteiger partial charge on any atom is -0.377 e. The van der Waals surface area contributed by atoms with E-state index in [1.165, 1.54) is 6.07 Å². The second-order valence-corrected chi connectivity index (χ2v) is 6.11. The number of halogens is 2. The highest BCUT2D eigenvalue weighted by Gasteiger charge is 2.16. The zero-order valence-electron chi connectivity index (χ0n) is 14.5. The van der Waals surface area contributed by atoms with Gasteiger partial charge < -0.3 is 15.4 Å². The van der Waals surface area contributed by atoms with Crippen LogP contribution in [0.1, 0.15) is 39.2 Å². The van der Waals surface area contributed by atoms with E-state index in [4.69, 9.17) is 4.74 Å². The number of methoxy groups -OCH3 is 1. The lowest BCUT2D eigenvalue weighted by molar-refractivity contribution is 0.0310. The number of nitrogens with one attached hydrogen (secondary N) is 2. The average Bonchev–Trinajstić information content (AvgIpc) is 2.52. The lowest BCUT2D eigenvalue weighted by Crippen LogP contribution is -2.40. The van der Waals surface area contributed by atoms with Crippen LogP contribution in [-0.2, 0) is 4.74 Å². The zero-order chi connectivity index (χ0) is 17.5. The molecule has 23 heavy (non-hydrogen) atoms. The standard InChI is InChI=1S/C17H27F2N3O/c1-6-20-16(22-11-17(3,4)23-5)21-10-12(2)13-7-8-14(18)15(19)9-13/h7-9,12H,6,10-11H2,1-5H3,(H2,20,21,22). The number of hydrogen-bond acceptors (Lipinski definition) is 2. The van der Waals surface area contributed by atoms with E-state index >= 15 is 0 Å². The summed E-state index contributed by atoms with van der Waals surface area (Å²) in [5, 5.41) is 6.37. The van der Waals surface area contributed by atoms with Crippen molar-refractivity contribution in [3.63, 3.8) is 0 Å². The summed E-state index contributed by atoms with van der Waals surface area (Å²) in [5.74, 6) is -0.959. The summed E-state index contributed by atoms with van der Waals surface area (Å²) in [4.78, 5) is 4.49. The van der Waals surface area contributed by atoms with Crippen molar-refractivity contribution in [1.29, 1.82) is 0 Å². The maximum Gasteiger partial charge on any atom is 0.191 e. The fourth-order valence-electron chi connectivity index (χ4n) is 1.86. The van der Waals surface area contributed by atoms with Gasteiger partial charge in [0, 0.05) is 20.2 Å². The van der Waals surface area contributed by atoms with Gasteiger partial charge in [-0.1, -0.05) is 13.0 Å². The molecule has 1 aromatic rings. The molecule has 0 saturated carbocycles. The summed E-state index contributed by atoms with van der Waals surface area (Å²) in [6, 6.07) is 3.99. The van der Waals surface area contributed by atoms with E-state index < -0.39 is 11.6 Å². The molecule has 0 aromatic heterocycles. The average molecular weight is 327 g/mol. The molecule has 4 nitrogen and oxygen atoms in total. The van der Waals surface area contributed by atoms with Gasteiger partial charge in [-0.25, -0.2) is 8.78 Å². The van der Waals surface area contributed by atoms with Crippen LogP contribution in [0.2, 0.25) is 0 Å². The van der Waals surface area contributed by atoms with Crippen LogP contribution in [0.5, 0.6) is 0 Å². The molecule has 1 rings (SSSR count). The van der Waals surface area contributed by atoms with Gasteiger partial charge in [0.15, 0.2) is 17.6 Å². The third kappa shape index (κ3) is 6.52. The normalized spacial score (nSPS) is 13.8. The van der Waals surface area contributed by atoms with Gasteiger partial charge in [-0.15, -0.1) is 0 Å². The van der Waals surface area contributed by atoms with Crippen LogP contribution in [0.15, 0.2) is 23.2 Å². The summed E-state index contributed by atoms with van der Waals surface area (Å²) in [5.41, 5.74) is 0.401. The number of guanidine groups is 1. The SMILES string of the molecule is CCNC(=NCC(C)(C)OC)NCC(C)c1ccc(F)c(F)c1. The molecule has 0 bridgehead atoms.